The van der Waals surface area contributed by atoms with Gasteiger partial charge in [-0.15, -0.1) is 0 Å². The summed E-state index contributed by atoms with van der Waals surface area (Å²) in [5, 5.41) is 14.0. The van der Waals surface area contributed by atoms with Gasteiger partial charge in [0.2, 0.25) is 0 Å². The zero-order valence-electron chi connectivity index (χ0n) is 6.13. The Morgan fingerprint density at radius 3 is 1.33 bits per heavy atom. The fraction of sp³-hybridized carbons (Fsp3) is 1.00. The molecule has 0 aromatic heterocycles. The summed E-state index contributed by atoms with van der Waals surface area (Å²) in [4.78, 5) is 0. The van der Waals surface area contributed by atoms with Crippen molar-refractivity contribution in [3.8, 4) is 0 Å². The lowest BCUT2D eigenvalue weighted by molar-refractivity contribution is 0.198. The Morgan fingerprint density at radius 2 is 1.22 bits per heavy atom. The highest BCUT2D eigenvalue weighted by Crippen LogP contribution is 1.98. The van der Waals surface area contributed by atoms with E-state index < -0.39 is 0 Å². The van der Waals surface area contributed by atoms with Gasteiger partial charge in [-0.2, -0.15) is 0 Å². The van der Waals surface area contributed by atoms with Crippen LogP contribution in [0.3, 0.4) is 0 Å². The summed E-state index contributed by atoms with van der Waals surface area (Å²) in [6.07, 6.45) is 2.56. The summed E-state index contributed by atoms with van der Waals surface area (Å²) in [6.45, 7) is 2.00. The topological polar surface area (TPSA) is 49.7 Å². The van der Waals surface area contributed by atoms with Crippen LogP contribution in [0.2, 0.25) is 0 Å². The number of ether oxygens (including phenoxy) is 1. The van der Waals surface area contributed by atoms with E-state index >= 15 is 0 Å². The van der Waals surface area contributed by atoms with Crippen LogP contribution in [0.1, 0.15) is 12.8 Å². The molecule has 0 atom stereocenters. The number of hydrogen-bond acceptors (Lipinski definition) is 3. The fourth-order valence-electron chi connectivity index (χ4n) is 0.510. The summed E-state index contributed by atoms with van der Waals surface area (Å²) in [5.74, 6) is 0. The van der Waals surface area contributed by atoms with Crippen molar-refractivity contribution in [3.63, 3.8) is 0 Å². The zero-order valence-corrected chi connectivity index (χ0v) is 6.13. The average Bonchev–Trinajstić information content (AvgIpc) is 2.51. The Balaban J connectivity index is 0. The minimum Gasteiger partial charge on any atom is -0.400 e. The summed E-state index contributed by atoms with van der Waals surface area (Å²) in [6, 6.07) is 0. The first-order chi connectivity index (χ1) is 4.50. The second-order valence-electron chi connectivity index (χ2n) is 1.32. The molecule has 0 radical (unpaired) electrons. The van der Waals surface area contributed by atoms with Gasteiger partial charge in [-0.05, 0) is 12.8 Å². The highest BCUT2D eigenvalue weighted by atomic mass is 16.5. The molecular formula is C6H16O3. The Bertz CT molecular complexity index is 19.9. The summed E-state index contributed by atoms with van der Waals surface area (Å²) < 4.78 is 4.94. The molecule has 0 aromatic rings. The van der Waals surface area contributed by atoms with Gasteiger partial charge < -0.3 is 14.9 Å². The third-order valence-electron chi connectivity index (χ3n) is 0.827. The standard InChI is InChI=1S/C4H8O.2CH4O/c1-2-4-5-3-1;2*1-2/h1-4H2;2*2H,1H3. The van der Waals surface area contributed by atoms with Crippen LogP contribution in [0.25, 0.3) is 0 Å². The average molecular weight is 136 g/mol. The maximum Gasteiger partial charge on any atom is 0.0466 e. The predicted octanol–water partition coefficient (Wildman–Crippen LogP) is 0.0138. The molecule has 0 saturated carbocycles. The molecule has 1 fully saturated rings. The van der Waals surface area contributed by atoms with Crippen LogP contribution in [0.15, 0.2) is 0 Å². The van der Waals surface area contributed by atoms with Crippen molar-refractivity contribution in [2.24, 2.45) is 0 Å². The van der Waals surface area contributed by atoms with Crippen LogP contribution in [0.4, 0.5) is 0 Å². The van der Waals surface area contributed by atoms with Gasteiger partial charge in [0.15, 0.2) is 0 Å². The molecule has 0 spiro atoms. The maximum absolute atomic E-state index is 7.00. The van der Waals surface area contributed by atoms with Gasteiger partial charge in [0.05, 0.1) is 0 Å². The molecule has 0 aliphatic carbocycles. The predicted molar refractivity (Wildman–Crippen MR) is 36.3 cm³/mol. The first-order valence-electron chi connectivity index (χ1n) is 2.97. The van der Waals surface area contributed by atoms with E-state index in [0.29, 0.717) is 0 Å². The van der Waals surface area contributed by atoms with Crippen LogP contribution >= 0.6 is 0 Å². The first-order valence-corrected chi connectivity index (χ1v) is 2.97. The minimum absolute atomic E-state index is 1.00. The molecule has 2 N–H and O–H groups in total. The van der Waals surface area contributed by atoms with E-state index in [9.17, 15) is 0 Å². The van der Waals surface area contributed by atoms with Crippen molar-refractivity contribution in [2.75, 3.05) is 27.4 Å². The van der Waals surface area contributed by atoms with Crippen molar-refractivity contribution in [1.82, 2.24) is 0 Å². The molecule has 1 rings (SSSR count). The molecule has 0 unspecified atom stereocenters. The number of hydrogen-bond donors (Lipinski definition) is 2. The van der Waals surface area contributed by atoms with Crippen molar-refractivity contribution in [1.29, 1.82) is 0 Å². The van der Waals surface area contributed by atoms with E-state index in [1.807, 2.05) is 0 Å². The molecule has 1 aliphatic rings. The van der Waals surface area contributed by atoms with Crippen LogP contribution in [-0.2, 0) is 4.74 Å². The molecule has 3 heteroatoms. The van der Waals surface area contributed by atoms with Crippen molar-refractivity contribution < 1.29 is 14.9 Å². The summed E-state index contributed by atoms with van der Waals surface area (Å²) in [5.41, 5.74) is 0. The molecule has 3 nitrogen and oxygen atoms in total. The Morgan fingerprint density at radius 1 is 0.889 bits per heavy atom. The van der Waals surface area contributed by atoms with Crippen molar-refractivity contribution in [3.05, 3.63) is 0 Å². The number of rotatable bonds is 0. The van der Waals surface area contributed by atoms with Gasteiger partial charge in [0.25, 0.3) is 0 Å². The summed E-state index contributed by atoms with van der Waals surface area (Å²) >= 11 is 0. The molecule has 58 valence electrons. The largest absolute Gasteiger partial charge is 0.400 e. The SMILES string of the molecule is C1CCOC1.CO.CO. The summed E-state index contributed by atoms with van der Waals surface area (Å²) in [7, 11) is 2.00. The van der Waals surface area contributed by atoms with Crippen molar-refractivity contribution >= 4 is 0 Å². The van der Waals surface area contributed by atoms with Gasteiger partial charge in [-0.1, -0.05) is 0 Å². The second-order valence-corrected chi connectivity index (χ2v) is 1.32. The van der Waals surface area contributed by atoms with E-state index in [4.69, 9.17) is 14.9 Å². The van der Waals surface area contributed by atoms with E-state index in [1.54, 1.807) is 0 Å². The molecule has 1 heterocycles. The molecule has 0 amide bonds. The highest BCUT2D eigenvalue weighted by molar-refractivity contribution is 4.43. The quantitative estimate of drug-likeness (QED) is 0.493. The van der Waals surface area contributed by atoms with E-state index in [1.165, 1.54) is 12.8 Å². The van der Waals surface area contributed by atoms with Gasteiger partial charge in [0.1, 0.15) is 0 Å². The number of aliphatic hydroxyl groups excluding tert-OH is 2. The van der Waals surface area contributed by atoms with Crippen LogP contribution in [0.5, 0.6) is 0 Å². The highest BCUT2D eigenvalue weighted by Gasteiger charge is 1.94. The van der Waals surface area contributed by atoms with Crippen LogP contribution in [0, 0.1) is 0 Å². The number of aliphatic hydroxyl groups is 2. The third-order valence-corrected chi connectivity index (χ3v) is 0.827. The lowest BCUT2D eigenvalue weighted by Crippen LogP contribution is -1.74. The van der Waals surface area contributed by atoms with Crippen LogP contribution in [-0.4, -0.2) is 37.6 Å². The van der Waals surface area contributed by atoms with Crippen LogP contribution < -0.4 is 0 Å². The van der Waals surface area contributed by atoms with Gasteiger partial charge >= 0.3 is 0 Å². The maximum atomic E-state index is 7.00. The van der Waals surface area contributed by atoms with E-state index in [-0.39, 0.29) is 0 Å². The first kappa shape index (κ1) is 11.6. The second kappa shape index (κ2) is 15.7. The third kappa shape index (κ3) is 11.4. The van der Waals surface area contributed by atoms with Gasteiger partial charge in [0, 0.05) is 27.4 Å². The molecule has 9 heavy (non-hydrogen) atoms. The lowest BCUT2D eigenvalue weighted by Gasteiger charge is -1.76. The molecule has 0 aromatic carbocycles. The smallest absolute Gasteiger partial charge is 0.0466 e. The molecule has 1 saturated heterocycles. The molecule has 1 aliphatic heterocycles. The molecule has 0 bridgehead atoms. The van der Waals surface area contributed by atoms with E-state index in [0.717, 1.165) is 27.4 Å². The zero-order chi connectivity index (χ0) is 7.54. The van der Waals surface area contributed by atoms with E-state index in [2.05, 4.69) is 0 Å². The van der Waals surface area contributed by atoms with Gasteiger partial charge in [-0.25, -0.2) is 0 Å². The monoisotopic (exact) mass is 136 g/mol. The fourth-order valence-corrected chi connectivity index (χ4v) is 0.510. The minimum atomic E-state index is 1.00. The molecular weight excluding hydrogens is 120 g/mol. The Hall–Kier alpha value is -0.120. The Kier molecular flexibility index (Phi) is 20.3. The van der Waals surface area contributed by atoms with Crippen molar-refractivity contribution in [2.45, 2.75) is 12.8 Å². The lowest BCUT2D eigenvalue weighted by atomic mass is 10.4. The Labute approximate surface area is 56.3 Å². The van der Waals surface area contributed by atoms with Gasteiger partial charge in [-0.3, -0.25) is 0 Å². The normalized spacial score (nSPS) is 14.7.